The number of aromatic nitrogens is 3. The average Bonchev–Trinajstić information content (AvgIpc) is 3.10. The molecule has 0 unspecified atom stereocenters. The number of nitrogens with one attached hydrogen (secondary N) is 1. The van der Waals surface area contributed by atoms with E-state index in [1.807, 2.05) is 49.5 Å². The summed E-state index contributed by atoms with van der Waals surface area (Å²) in [7, 11) is 0. The summed E-state index contributed by atoms with van der Waals surface area (Å²) in [5.41, 5.74) is 3.07. The molecular formula is C20H20ClN5O2. The van der Waals surface area contributed by atoms with E-state index in [1.54, 1.807) is 4.52 Å². The van der Waals surface area contributed by atoms with E-state index >= 15 is 0 Å². The molecule has 4 aromatic heterocycles. The lowest BCUT2D eigenvalue weighted by Gasteiger charge is -2.28. The minimum absolute atomic E-state index is 0. The van der Waals surface area contributed by atoms with Gasteiger partial charge in [0, 0.05) is 37.8 Å². The molecule has 0 amide bonds. The Morgan fingerprint density at radius 3 is 2.75 bits per heavy atom. The Kier molecular flexibility index (Phi) is 4.78. The Hall–Kier alpha value is -2.90. The first-order valence-electron chi connectivity index (χ1n) is 9.04. The van der Waals surface area contributed by atoms with Crippen LogP contribution in [-0.2, 0) is 0 Å². The zero-order chi connectivity index (χ0) is 18.4. The van der Waals surface area contributed by atoms with Gasteiger partial charge in [0.05, 0.1) is 11.1 Å². The number of fused-ring (bicyclic) bond motifs is 2. The van der Waals surface area contributed by atoms with Crippen LogP contribution in [0.5, 0.6) is 0 Å². The van der Waals surface area contributed by atoms with Crippen molar-refractivity contribution in [2.24, 2.45) is 0 Å². The first kappa shape index (κ1) is 18.5. The van der Waals surface area contributed by atoms with Crippen LogP contribution >= 0.6 is 12.4 Å². The predicted octanol–water partition coefficient (Wildman–Crippen LogP) is 2.64. The van der Waals surface area contributed by atoms with Gasteiger partial charge in [0.25, 0.3) is 0 Å². The molecule has 1 saturated heterocycles. The average molecular weight is 398 g/mol. The topological polar surface area (TPSA) is 75.7 Å². The number of hydrogen-bond donors (Lipinski definition) is 1. The second-order valence-corrected chi connectivity index (χ2v) is 6.85. The first-order chi connectivity index (χ1) is 13.2. The standard InChI is InChI=1S/C20H19N5O2.ClH/c1-13-4-7-25-15(10-13)12-17(23-25)16-11-14-2-3-18(22-19(14)27-20(16)26)24-8-5-21-6-9-24;/h2-4,7,10-12,21H,5-6,8-9H2,1H3;1H. The molecule has 0 radical (unpaired) electrons. The van der Waals surface area contributed by atoms with Crippen LogP contribution in [0.1, 0.15) is 5.56 Å². The molecule has 0 bridgehead atoms. The van der Waals surface area contributed by atoms with Crippen molar-refractivity contribution in [3.05, 3.63) is 58.6 Å². The lowest BCUT2D eigenvalue weighted by atomic mass is 10.1. The zero-order valence-electron chi connectivity index (χ0n) is 15.4. The molecule has 28 heavy (non-hydrogen) atoms. The molecule has 1 fully saturated rings. The van der Waals surface area contributed by atoms with Gasteiger partial charge < -0.3 is 14.6 Å². The fourth-order valence-corrected chi connectivity index (χ4v) is 3.48. The number of rotatable bonds is 2. The van der Waals surface area contributed by atoms with Gasteiger partial charge in [-0.1, -0.05) is 0 Å². The second-order valence-electron chi connectivity index (χ2n) is 6.85. The van der Waals surface area contributed by atoms with E-state index in [-0.39, 0.29) is 12.4 Å². The highest BCUT2D eigenvalue weighted by atomic mass is 35.5. The summed E-state index contributed by atoms with van der Waals surface area (Å²) in [5, 5.41) is 8.61. The highest BCUT2D eigenvalue weighted by Gasteiger charge is 2.15. The van der Waals surface area contributed by atoms with Crippen LogP contribution < -0.4 is 15.8 Å². The van der Waals surface area contributed by atoms with Gasteiger partial charge in [-0.2, -0.15) is 10.1 Å². The Labute approximate surface area is 167 Å². The van der Waals surface area contributed by atoms with Crippen molar-refractivity contribution in [3.8, 4) is 11.3 Å². The highest BCUT2D eigenvalue weighted by Crippen LogP contribution is 2.23. The summed E-state index contributed by atoms with van der Waals surface area (Å²) in [4.78, 5) is 19.3. The molecule has 8 heteroatoms. The van der Waals surface area contributed by atoms with Crippen LogP contribution in [0.15, 0.2) is 51.8 Å². The Morgan fingerprint density at radius 1 is 1.11 bits per heavy atom. The minimum atomic E-state index is -0.424. The van der Waals surface area contributed by atoms with E-state index in [0.29, 0.717) is 17.0 Å². The monoisotopic (exact) mass is 397 g/mol. The summed E-state index contributed by atoms with van der Waals surface area (Å²) >= 11 is 0. The van der Waals surface area contributed by atoms with E-state index in [1.165, 1.54) is 0 Å². The molecule has 1 N–H and O–H groups in total. The highest BCUT2D eigenvalue weighted by molar-refractivity contribution is 5.85. The molecule has 0 spiro atoms. The lowest BCUT2D eigenvalue weighted by molar-refractivity contribution is 0.547. The number of halogens is 1. The van der Waals surface area contributed by atoms with Crippen molar-refractivity contribution >= 4 is 34.8 Å². The van der Waals surface area contributed by atoms with E-state index in [2.05, 4.69) is 20.3 Å². The predicted molar refractivity (Wildman–Crippen MR) is 112 cm³/mol. The number of hydrogen-bond acceptors (Lipinski definition) is 6. The van der Waals surface area contributed by atoms with Crippen molar-refractivity contribution in [2.75, 3.05) is 31.1 Å². The lowest BCUT2D eigenvalue weighted by Crippen LogP contribution is -2.43. The van der Waals surface area contributed by atoms with Gasteiger partial charge in [-0.15, -0.1) is 12.4 Å². The van der Waals surface area contributed by atoms with E-state index in [4.69, 9.17) is 4.42 Å². The van der Waals surface area contributed by atoms with Crippen LogP contribution in [0.3, 0.4) is 0 Å². The molecule has 1 aliphatic heterocycles. The van der Waals surface area contributed by atoms with Gasteiger partial charge >= 0.3 is 5.63 Å². The Balaban J connectivity index is 0.00000192. The number of aryl methyl sites for hydroxylation is 1. The summed E-state index contributed by atoms with van der Waals surface area (Å²) < 4.78 is 7.30. The molecule has 4 aromatic rings. The first-order valence-corrected chi connectivity index (χ1v) is 9.04. The maximum absolute atomic E-state index is 12.6. The Morgan fingerprint density at radius 2 is 1.93 bits per heavy atom. The molecule has 0 saturated carbocycles. The summed E-state index contributed by atoms with van der Waals surface area (Å²) in [6.45, 7) is 5.66. The van der Waals surface area contributed by atoms with Gasteiger partial charge in [0.1, 0.15) is 11.5 Å². The summed E-state index contributed by atoms with van der Waals surface area (Å²) in [6, 6.07) is 11.6. The van der Waals surface area contributed by atoms with Crippen molar-refractivity contribution in [1.29, 1.82) is 0 Å². The third-order valence-electron chi connectivity index (χ3n) is 4.92. The number of piperazine rings is 1. The fourth-order valence-electron chi connectivity index (χ4n) is 3.48. The van der Waals surface area contributed by atoms with Crippen LogP contribution in [0.2, 0.25) is 0 Å². The van der Waals surface area contributed by atoms with E-state index < -0.39 is 5.63 Å². The van der Waals surface area contributed by atoms with E-state index in [9.17, 15) is 4.79 Å². The van der Waals surface area contributed by atoms with Crippen LogP contribution in [0, 0.1) is 6.92 Å². The molecule has 0 atom stereocenters. The largest absolute Gasteiger partial charge is 0.403 e. The normalized spacial score (nSPS) is 14.4. The van der Waals surface area contributed by atoms with Crippen molar-refractivity contribution in [2.45, 2.75) is 6.92 Å². The van der Waals surface area contributed by atoms with E-state index in [0.717, 1.165) is 48.5 Å². The third-order valence-corrected chi connectivity index (χ3v) is 4.92. The summed E-state index contributed by atoms with van der Waals surface area (Å²) in [5.74, 6) is 0.836. The number of pyridine rings is 2. The maximum atomic E-state index is 12.6. The van der Waals surface area contributed by atoms with Crippen LogP contribution in [0.25, 0.3) is 27.9 Å². The molecular weight excluding hydrogens is 378 g/mol. The van der Waals surface area contributed by atoms with Crippen molar-refractivity contribution in [3.63, 3.8) is 0 Å². The second kappa shape index (κ2) is 7.26. The SMILES string of the molecule is Cc1ccn2nc(-c3cc4ccc(N5CCNCC5)nc4oc3=O)cc2c1.Cl. The maximum Gasteiger partial charge on any atom is 0.347 e. The quantitative estimate of drug-likeness (QED) is 0.560. The van der Waals surface area contributed by atoms with Gasteiger partial charge in [-0.3, -0.25) is 0 Å². The molecule has 0 aromatic carbocycles. The zero-order valence-corrected chi connectivity index (χ0v) is 16.2. The molecule has 5 heterocycles. The summed E-state index contributed by atoms with van der Waals surface area (Å²) in [6.07, 6.45) is 1.89. The molecule has 0 aliphatic carbocycles. The molecule has 144 valence electrons. The molecule has 5 rings (SSSR count). The smallest absolute Gasteiger partial charge is 0.347 e. The van der Waals surface area contributed by atoms with Crippen LogP contribution in [0.4, 0.5) is 5.82 Å². The van der Waals surface area contributed by atoms with Gasteiger partial charge in [-0.25, -0.2) is 9.31 Å². The third kappa shape index (κ3) is 3.23. The van der Waals surface area contributed by atoms with Gasteiger partial charge in [-0.05, 0) is 48.9 Å². The van der Waals surface area contributed by atoms with Gasteiger partial charge in [0.2, 0.25) is 5.71 Å². The minimum Gasteiger partial charge on any atom is -0.403 e. The van der Waals surface area contributed by atoms with Crippen LogP contribution in [-0.4, -0.2) is 40.8 Å². The fraction of sp³-hybridized carbons (Fsp3) is 0.250. The van der Waals surface area contributed by atoms with Gasteiger partial charge in [0.15, 0.2) is 0 Å². The number of anilines is 1. The van der Waals surface area contributed by atoms with Crippen molar-refractivity contribution < 1.29 is 4.42 Å². The number of nitrogens with zero attached hydrogens (tertiary/aromatic N) is 4. The molecule has 7 nitrogen and oxygen atoms in total. The Bertz CT molecular complexity index is 1210. The molecule has 1 aliphatic rings. The van der Waals surface area contributed by atoms with Crippen molar-refractivity contribution in [1.82, 2.24) is 19.9 Å².